The topological polar surface area (TPSA) is 111 Å². The van der Waals surface area contributed by atoms with E-state index < -0.39 is 26.5 Å². The number of hydrogen-bond donors (Lipinski definition) is 0. The van der Waals surface area contributed by atoms with E-state index in [-0.39, 0.29) is 32.0 Å². The number of allylic oxidation sites excluding steroid dienone is 2. The molecule has 9 nitrogen and oxygen atoms in total. The van der Waals surface area contributed by atoms with Crippen LogP contribution in [0.1, 0.15) is 309 Å². The van der Waals surface area contributed by atoms with Crippen LogP contribution >= 0.6 is 7.82 Å². The van der Waals surface area contributed by atoms with Crippen LogP contribution in [-0.2, 0) is 32.7 Å². The van der Waals surface area contributed by atoms with Crippen molar-refractivity contribution >= 4 is 19.8 Å². The van der Waals surface area contributed by atoms with Gasteiger partial charge in [-0.25, -0.2) is 0 Å². The predicted octanol–water partition coefficient (Wildman–Crippen LogP) is 18.2. The van der Waals surface area contributed by atoms with Gasteiger partial charge in [0.15, 0.2) is 6.10 Å². The summed E-state index contributed by atoms with van der Waals surface area (Å²) in [5.74, 6) is -0.850. The lowest BCUT2D eigenvalue weighted by Crippen LogP contribution is -2.37. The Labute approximate surface area is 435 Å². The number of nitrogens with zero attached hydrogens (tertiary/aromatic N) is 1. The largest absolute Gasteiger partial charge is 0.756 e. The maximum Gasteiger partial charge on any atom is 0.306 e. The molecule has 0 amide bonds. The molecule has 1 unspecified atom stereocenters. The summed E-state index contributed by atoms with van der Waals surface area (Å²) in [6.07, 6.45) is 61.3. The molecule has 0 bridgehead atoms. The Balaban J connectivity index is 4.12. The van der Waals surface area contributed by atoms with Crippen LogP contribution in [0.4, 0.5) is 0 Å². The molecule has 0 aromatic rings. The summed E-state index contributed by atoms with van der Waals surface area (Å²) in [7, 11) is 1.17. The first-order chi connectivity index (χ1) is 34.0. The quantitative estimate of drug-likeness (QED) is 0.0195. The van der Waals surface area contributed by atoms with E-state index >= 15 is 0 Å². The van der Waals surface area contributed by atoms with Gasteiger partial charge in [0.05, 0.1) is 27.7 Å². The number of esters is 2. The van der Waals surface area contributed by atoms with Crippen LogP contribution in [-0.4, -0.2) is 70.0 Å². The van der Waals surface area contributed by atoms with Gasteiger partial charge in [-0.2, -0.15) is 0 Å². The number of phosphoric ester groups is 1. The fourth-order valence-electron chi connectivity index (χ4n) is 9.08. The van der Waals surface area contributed by atoms with Gasteiger partial charge in [-0.05, 0) is 32.1 Å². The number of hydrogen-bond acceptors (Lipinski definition) is 8. The van der Waals surface area contributed by atoms with Crippen molar-refractivity contribution in [2.75, 3.05) is 47.5 Å². The van der Waals surface area contributed by atoms with Crippen LogP contribution in [0.25, 0.3) is 0 Å². The highest BCUT2D eigenvalue weighted by Crippen LogP contribution is 2.38. The van der Waals surface area contributed by atoms with E-state index in [9.17, 15) is 19.0 Å². The molecule has 0 spiro atoms. The fourth-order valence-corrected chi connectivity index (χ4v) is 9.80. The van der Waals surface area contributed by atoms with Crippen LogP contribution in [0.5, 0.6) is 0 Å². The van der Waals surface area contributed by atoms with Crippen molar-refractivity contribution in [3.05, 3.63) is 12.2 Å². The van der Waals surface area contributed by atoms with Crippen molar-refractivity contribution in [1.29, 1.82) is 0 Å². The molecule has 0 rings (SSSR count). The third-order valence-corrected chi connectivity index (χ3v) is 14.7. The van der Waals surface area contributed by atoms with E-state index in [2.05, 4.69) is 26.0 Å². The molecule has 0 saturated heterocycles. The summed E-state index contributed by atoms with van der Waals surface area (Å²) in [5, 5.41) is 0. The number of rotatable bonds is 57. The zero-order chi connectivity index (χ0) is 51.3. The summed E-state index contributed by atoms with van der Waals surface area (Å²) in [6, 6.07) is 0. The average Bonchev–Trinajstić information content (AvgIpc) is 3.32. The second-order valence-electron chi connectivity index (χ2n) is 22.1. The molecule has 10 heteroatoms. The Kier molecular flexibility index (Phi) is 51.7. The van der Waals surface area contributed by atoms with Crippen LogP contribution in [0.3, 0.4) is 0 Å². The minimum absolute atomic E-state index is 0.0314. The number of quaternary nitrogens is 1. The van der Waals surface area contributed by atoms with Crippen molar-refractivity contribution in [1.82, 2.24) is 0 Å². The monoisotopic (exact) mass is 1010 g/mol. The van der Waals surface area contributed by atoms with E-state index in [1.165, 1.54) is 244 Å². The molecule has 0 aliphatic carbocycles. The number of likely N-dealkylation sites (N-methyl/N-ethyl adjacent to an activating group) is 1. The zero-order valence-electron chi connectivity index (χ0n) is 47.2. The normalized spacial score (nSPS) is 13.3. The SMILES string of the molecule is CCCCCCCCCCCCCCCCCCCC/C=C/CCCC(=O)O[C@H](COC(=O)CCCCCCCCCCCCCCCCCCCCCCCCC)COP(=O)([O-])OCC[N+](C)(C)C. The van der Waals surface area contributed by atoms with Crippen molar-refractivity contribution in [2.45, 2.75) is 315 Å². The maximum absolute atomic E-state index is 12.8. The molecular weight excluding hydrogens is 894 g/mol. The van der Waals surface area contributed by atoms with Crippen molar-refractivity contribution < 1.29 is 42.1 Å². The van der Waals surface area contributed by atoms with E-state index in [4.69, 9.17) is 18.5 Å². The number of phosphoric acid groups is 1. The Bertz CT molecular complexity index is 1190. The zero-order valence-corrected chi connectivity index (χ0v) is 48.1. The van der Waals surface area contributed by atoms with Gasteiger partial charge in [-0.1, -0.05) is 276 Å². The lowest BCUT2D eigenvalue weighted by molar-refractivity contribution is -0.870. The Hall–Kier alpha value is -1.25. The molecule has 0 fully saturated rings. The van der Waals surface area contributed by atoms with Gasteiger partial charge in [0.2, 0.25) is 0 Å². The molecule has 2 atom stereocenters. The number of ether oxygens (including phenoxy) is 2. The first-order valence-corrected chi connectivity index (χ1v) is 31.9. The molecule has 0 radical (unpaired) electrons. The van der Waals surface area contributed by atoms with Gasteiger partial charge < -0.3 is 27.9 Å². The van der Waals surface area contributed by atoms with Crippen LogP contribution < -0.4 is 4.89 Å². The summed E-state index contributed by atoms with van der Waals surface area (Å²) in [5.41, 5.74) is 0. The third kappa shape index (κ3) is 56.1. The lowest BCUT2D eigenvalue weighted by atomic mass is 10.0. The highest BCUT2D eigenvalue weighted by atomic mass is 31.2. The van der Waals surface area contributed by atoms with Gasteiger partial charge >= 0.3 is 11.9 Å². The second kappa shape index (κ2) is 52.6. The second-order valence-corrected chi connectivity index (χ2v) is 23.5. The summed E-state index contributed by atoms with van der Waals surface area (Å²) < 4.78 is 34.2. The van der Waals surface area contributed by atoms with E-state index in [0.717, 1.165) is 32.1 Å². The van der Waals surface area contributed by atoms with Crippen LogP contribution in [0.15, 0.2) is 12.2 Å². The Morgan fingerprint density at radius 2 is 0.743 bits per heavy atom. The smallest absolute Gasteiger partial charge is 0.306 e. The van der Waals surface area contributed by atoms with Gasteiger partial charge in [-0.3, -0.25) is 14.2 Å². The predicted molar refractivity (Wildman–Crippen MR) is 296 cm³/mol. The molecule has 0 N–H and O–H groups in total. The molecule has 416 valence electrons. The fraction of sp³-hybridized carbons (Fsp3) is 0.933. The molecule has 0 heterocycles. The van der Waals surface area contributed by atoms with E-state index in [1.54, 1.807) is 0 Å². The molecule has 0 aliphatic heterocycles. The molecule has 70 heavy (non-hydrogen) atoms. The molecule has 0 aromatic heterocycles. The Morgan fingerprint density at radius 3 is 1.10 bits per heavy atom. The number of carbonyl (C=O) groups is 2. The molecular formula is C60H118NO8P. The first-order valence-electron chi connectivity index (χ1n) is 30.4. The van der Waals surface area contributed by atoms with Gasteiger partial charge in [0.25, 0.3) is 7.82 Å². The first kappa shape index (κ1) is 68.8. The van der Waals surface area contributed by atoms with Gasteiger partial charge in [0, 0.05) is 12.8 Å². The van der Waals surface area contributed by atoms with Crippen LogP contribution in [0.2, 0.25) is 0 Å². The van der Waals surface area contributed by atoms with E-state index in [0.29, 0.717) is 17.4 Å². The number of unbranched alkanes of at least 4 members (excludes halogenated alkanes) is 41. The van der Waals surface area contributed by atoms with Crippen molar-refractivity contribution in [2.24, 2.45) is 0 Å². The Morgan fingerprint density at radius 1 is 0.429 bits per heavy atom. The van der Waals surface area contributed by atoms with Crippen LogP contribution in [0, 0.1) is 0 Å². The molecule has 0 saturated carbocycles. The highest BCUT2D eigenvalue weighted by molar-refractivity contribution is 7.45. The maximum atomic E-state index is 12.8. The molecule has 0 aliphatic rings. The minimum Gasteiger partial charge on any atom is -0.756 e. The number of carbonyl (C=O) groups excluding carboxylic acids is 2. The minimum atomic E-state index is -4.64. The lowest BCUT2D eigenvalue weighted by Gasteiger charge is -2.28. The van der Waals surface area contributed by atoms with E-state index in [1.807, 2.05) is 21.1 Å². The van der Waals surface area contributed by atoms with Crippen molar-refractivity contribution in [3.63, 3.8) is 0 Å². The summed E-state index contributed by atoms with van der Waals surface area (Å²) in [4.78, 5) is 37.9. The van der Waals surface area contributed by atoms with Gasteiger partial charge in [-0.15, -0.1) is 0 Å². The summed E-state index contributed by atoms with van der Waals surface area (Å²) >= 11 is 0. The van der Waals surface area contributed by atoms with Gasteiger partial charge in [0.1, 0.15) is 19.8 Å². The molecule has 0 aromatic carbocycles. The average molecular weight is 1010 g/mol. The third-order valence-electron chi connectivity index (χ3n) is 13.8. The highest BCUT2D eigenvalue weighted by Gasteiger charge is 2.21. The van der Waals surface area contributed by atoms with Crippen molar-refractivity contribution in [3.8, 4) is 0 Å². The standard InChI is InChI=1S/C60H118NO8P/c1-6-8-10-12-14-16-18-20-22-24-26-28-30-32-34-36-38-40-42-44-46-48-50-52-59(62)66-56-58(57-68-70(64,65)67-55-54-61(3,4)5)69-60(63)53-51-49-47-45-43-41-39-37-35-33-31-29-27-25-23-21-19-17-15-13-11-9-7-2/h45,47,58H,6-44,46,48-57H2,1-5H3/b47-45+/t58-/m1/s1. The summed E-state index contributed by atoms with van der Waals surface area (Å²) in [6.45, 7) is 4.28.